The van der Waals surface area contributed by atoms with Crippen molar-refractivity contribution >= 4 is 17.3 Å². The average molecular weight is 321 g/mol. The van der Waals surface area contributed by atoms with Crippen molar-refractivity contribution in [1.82, 2.24) is 14.8 Å². The summed E-state index contributed by atoms with van der Waals surface area (Å²) in [6.07, 6.45) is 1.71. The third-order valence-electron chi connectivity index (χ3n) is 3.99. The van der Waals surface area contributed by atoms with Crippen molar-refractivity contribution in [2.75, 3.05) is 36.5 Å². The van der Waals surface area contributed by atoms with Gasteiger partial charge in [-0.05, 0) is 30.3 Å². The predicted molar refractivity (Wildman–Crippen MR) is 94.1 cm³/mol. The van der Waals surface area contributed by atoms with Gasteiger partial charge in [-0.2, -0.15) is 4.98 Å². The minimum Gasteiger partial charge on any atom is -0.378 e. The largest absolute Gasteiger partial charge is 0.378 e. The summed E-state index contributed by atoms with van der Waals surface area (Å²) in [5, 5.41) is 7.75. The molecule has 24 heavy (non-hydrogen) atoms. The van der Waals surface area contributed by atoms with Gasteiger partial charge in [0.15, 0.2) is 0 Å². The van der Waals surface area contributed by atoms with Gasteiger partial charge >= 0.3 is 0 Å². The molecule has 122 valence electrons. The molecule has 2 heterocycles. The number of aromatic nitrogens is 3. The summed E-state index contributed by atoms with van der Waals surface area (Å²) >= 11 is 0. The molecule has 1 saturated heterocycles. The smallest absolute Gasteiger partial charge is 0.246 e. The van der Waals surface area contributed by atoms with Crippen molar-refractivity contribution in [1.29, 1.82) is 0 Å². The monoisotopic (exact) mass is 321 g/mol. The van der Waals surface area contributed by atoms with Crippen LogP contribution in [0, 0.1) is 0 Å². The first-order valence-corrected chi connectivity index (χ1v) is 8.05. The number of morpholine rings is 1. The lowest BCUT2D eigenvalue weighted by molar-refractivity contribution is 0.122. The maximum Gasteiger partial charge on any atom is 0.246 e. The van der Waals surface area contributed by atoms with Crippen LogP contribution >= 0.6 is 0 Å². The maximum absolute atomic E-state index is 5.41. The second-order valence-corrected chi connectivity index (χ2v) is 5.62. The summed E-state index contributed by atoms with van der Waals surface area (Å²) in [6.45, 7) is 3.40. The Kier molecular flexibility index (Phi) is 4.12. The number of ether oxygens (including phenoxy) is 1. The van der Waals surface area contributed by atoms with E-state index in [1.807, 2.05) is 42.5 Å². The van der Waals surface area contributed by atoms with E-state index in [1.54, 1.807) is 11.0 Å². The number of hydrogen-bond donors (Lipinski definition) is 1. The first-order chi connectivity index (χ1) is 11.9. The molecule has 0 aliphatic carbocycles. The van der Waals surface area contributed by atoms with Gasteiger partial charge in [-0.15, -0.1) is 5.10 Å². The highest BCUT2D eigenvalue weighted by Gasteiger charge is 2.11. The highest BCUT2D eigenvalue weighted by atomic mass is 16.5. The Morgan fingerprint density at radius 3 is 2.54 bits per heavy atom. The Balaban J connectivity index is 1.50. The Morgan fingerprint density at radius 2 is 1.71 bits per heavy atom. The zero-order chi connectivity index (χ0) is 16.2. The van der Waals surface area contributed by atoms with Crippen molar-refractivity contribution < 1.29 is 4.74 Å². The summed E-state index contributed by atoms with van der Waals surface area (Å²) in [6, 6.07) is 18.2. The molecule has 4 rings (SSSR count). The highest BCUT2D eigenvalue weighted by molar-refractivity contribution is 5.62. The van der Waals surface area contributed by atoms with E-state index in [2.05, 4.69) is 32.4 Å². The molecule has 6 heteroatoms. The van der Waals surface area contributed by atoms with Gasteiger partial charge < -0.3 is 15.0 Å². The van der Waals surface area contributed by atoms with Gasteiger partial charge in [-0.1, -0.05) is 24.3 Å². The molecule has 1 aliphatic heterocycles. The fourth-order valence-corrected chi connectivity index (χ4v) is 2.76. The fourth-order valence-electron chi connectivity index (χ4n) is 2.76. The van der Waals surface area contributed by atoms with Crippen LogP contribution in [0.4, 0.5) is 17.3 Å². The molecule has 1 aliphatic rings. The van der Waals surface area contributed by atoms with Crippen molar-refractivity contribution in [3.63, 3.8) is 0 Å². The Morgan fingerprint density at radius 1 is 0.917 bits per heavy atom. The van der Waals surface area contributed by atoms with Gasteiger partial charge in [0, 0.05) is 24.5 Å². The lowest BCUT2D eigenvalue weighted by Crippen LogP contribution is -2.36. The molecule has 1 aromatic heterocycles. The van der Waals surface area contributed by atoms with E-state index < -0.39 is 0 Å². The highest BCUT2D eigenvalue weighted by Crippen LogP contribution is 2.22. The predicted octanol–water partition coefficient (Wildman–Crippen LogP) is 2.85. The molecular formula is C18H19N5O. The molecule has 1 N–H and O–H groups in total. The van der Waals surface area contributed by atoms with Crippen molar-refractivity contribution in [3.05, 3.63) is 60.9 Å². The molecule has 0 bridgehead atoms. The molecular weight excluding hydrogens is 302 g/mol. The van der Waals surface area contributed by atoms with Gasteiger partial charge in [-0.3, -0.25) is 0 Å². The van der Waals surface area contributed by atoms with Crippen LogP contribution in [0.3, 0.4) is 0 Å². The van der Waals surface area contributed by atoms with Crippen LogP contribution in [0.5, 0.6) is 0 Å². The average Bonchev–Trinajstić information content (AvgIpc) is 3.12. The molecule has 2 aromatic carbocycles. The van der Waals surface area contributed by atoms with Gasteiger partial charge in [-0.25, -0.2) is 4.68 Å². The number of para-hydroxylation sites is 1. The quantitative estimate of drug-likeness (QED) is 0.801. The molecule has 0 radical (unpaired) electrons. The van der Waals surface area contributed by atoms with Crippen LogP contribution in [0.25, 0.3) is 5.69 Å². The van der Waals surface area contributed by atoms with Gasteiger partial charge in [0.05, 0.1) is 18.9 Å². The normalized spacial score (nSPS) is 14.6. The number of rotatable bonds is 4. The lowest BCUT2D eigenvalue weighted by atomic mass is 10.2. The second-order valence-electron chi connectivity index (χ2n) is 5.62. The van der Waals surface area contributed by atoms with Crippen LogP contribution in [-0.4, -0.2) is 41.1 Å². The van der Waals surface area contributed by atoms with Gasteiger partial charge in [0.2, 0.25) is 5.95 Å². The Bertz CT molecular complexity index is 796. The molecule has 1 fully saturated rings. The Hall–Kier alpha value is -2.86. The zero-order valence-electron chi connectivity index (χ0n) is 13.3. The van der Waals surface area contributed by atoms with E-state index in [1.165, 1.54) is 5.69 Å². The fraction of sp³-hybridized carbons (Fsp3) is 0.222. The molecule has 0 saturated carbocycles. The number of benzene rings is 2. The molecule has 6 nitrogen and oxygen atoms in total. The zero-order valence-corrected chi connectivity index (χ0v) is 13.3. The number of nitrogens with one attached hydrogen (secondary N) is 1. The molecule has 0 atom stereocenters. The minimum absolute atomic E-state index is 0.581. The van der Waals surface area contributed by atoms with Crippen molar-refractivity contribution in [2.45, 2.75) is 0 Å². The van der Waals surface area contributed by atoms with Crippen LogP contribution in [0.15, 0.2) is 60.9 Å². The number of nitrogens with zero attached hydrogens (tertiary/aromatic N) is 4. The van der Waals surface area contributed by atoms with Crippen molar-refractivity contribution in [2.24, 2.45) is 0 Å². The van der Waals surface area contributed by atoms with Gasteiger partial charge in [0.1, 0.15) is 6.33 Å². The standard InChI is InChI=1S/C18H19N5O/c1-2-6-16(7-3-1)23-14-19-18(21-23)20-15-5-4-8-17(13-15)22-9-11-24-12-10-22/h1-8,13-14H,9-12H2,(H,20,21). The second kappa shape index (κ2) is 6.72. The summed E-state index contributed by atoms with van der Waals surface area (Å²) in [5.74, 6) is 0.581. The Labute approximate surface area is 140 Å². The van der Waals surface area contributed by atoms with Gasteiger partial charge in [0.25, 0.3) is 0 Å². The van der Waals surface area contributed by atoms with Crippen LogP contribution in [-0.2, 0) is 4.74 Å². The van der Waals surface area contributed by atoms with E-state index in [0.717, 1.165) is 37.7 Å². The number of hydrogen-bond acceptors (Lipinski definition) is 5. The van der Waals surface area contributed by atoms with Crippen LogP contribution in [0.1, 0.15) is 0 Å². The molecule has 0 spiro atoms. The summed E-state index contributed by atoms with van der Waals surface area (Å²) in [4.78, 5) is 6.66. The van der Waals surface area contributed by atoms with E-state index in [0.29, 0.717) is 5.95 Å². The minimum atomic E-state index is 0.581. The topological polar surface area (TPSA) is 55.2 Å². The summed E-state index contributed by atoms with van der Waals surface area (Å²) in [7, 11) is 0. The van der Waals surface area contributed by atoms with Crippen molar-refractivity contribution in [3.8, 4) is 5.69 Å². The first kappa shape index (κ1) is 14.7. The lowest BCUT2D eigenvalue weighted by Gasteiger charge is -2.29. The molecule has 0 amide bonds. The van der Waals surface area contributed by atoms with Crippen LogP contribution < -0.4 is 10.2 Å². The summed E-state index contributed by atoms with van der Waals surface area (Å²) < 4.78 is 7.17. The molecule has 3 aromatic rings. The van der Waals surface area contributed by atoms with Crippen LogP contribution in [0.2, 0.25) is 0 Å². The third-order valence-corrected chi connectivity index (χ3v) is 3.99. The van der Waals surface area contributed by atoms with E-state index in [-0.39, 0.29) is 0 Å². The van der Waals surface area contributed by atoms with E-state index in [4.69, 9.17) is 4.74 Å². The SMILES string of the molecule is c1ccc(-n2cnc(Nc3cccc(N4CCOCC4)c3)n2)cc1. The maximum atomic E-state index is 5.41. The number of anilines is 3. The van der Waals surface area contributed by atoms with E-state index >= 15 is 0 Å². The first-order valence-electron chi connectivity index (χ1n) is 8.05. The third kappa shape index (κ3) is 3.23. The van der Waals surface area contributed by atoms with E-state index in [9.17, 15) is 0 Å². The summed E-state index contributed by atoms with van der Waals surface area (Å²) in [5.41, 5.74) is 3.15. The molecule has 0 unspecified atom stereocenters.